The van der Waals surface area contributed by atoms with Crippen molar-refractivity contribution in [2.45, 2.75) is 6.92 Å². The molecule has 8 nitrogen and oxygen atoms in total. The lowest BCUT2D eigenvalue weighted by Crippen LogP contribution is -2.15. The fraction of sp³-hybridized carbons (Fsp3) is 0.0800. The van der Waals surface area contributed by atoms with E-state index in [1.165, 1.54) is 6.26 Å². The summed E-state index contributed by atoms with van der Waals surface area (Å²) in [4.78, 5) is 29.5. The van der Waals surface area contributed by atoms with Crippen LogP contribution >= 0.6 is 0 Å². The largest absolute Gasteiger partial charge is 0.497 e. The highest BCUT2D eigenvalue weighted by Gasteiger charge is 2.15. The van der Waals surface area contributed by atoms with Crippen LogP contribution in [0.2, 0.25) is 0 Å². The molecule has 0 saturated carbocycles. The van der Waals surface area contributed by atoms with Gasteiger partial charge in [0.05, 0.1) is 13.4 Å². The van der Waals surface area contributed by atoms with Gasteiger partial charge in [-0.15, -0.1) is 0 Å². The number of hydrogen-bond acceptors (Lipinski definition) is 6. The monoisotopic (exact) mass is 443 g/mol. The molecule has 0 radical (unpaired) electrons. The van der Waals surface area contributed by atoms with Gasteiger partial charge in [-0.25, -0.2) is 4.98 Å². The van der Waals surface area contributed by atoms with Crippen LogP contribution < -0.4 is 20.1 Å². The molecule has 4 aromatic rings. The summed E-state index contributed by atoms with van der Waals surface area (Å²) in [6, 6.07) is 18.6. The maximum absolute atomic E-state index is 12.9. The summed E-state index contributed by atoms with van der Waals surface area (Å²) in [6.07, 6.45) is 2.99. The van der Waals surface area contributed by atoms with E-state index >= 15 is 0 Å². The lowest BCUT2D eigenvalue weighted by Gasteiger charge is -2.13. The molecule has 0 spiro atoms. The van der Waals surface area contributed by atoms with Gasteiger partial charge in [0.2, 0.25) is 5.88 Å². The second-order valence-electron chi connectivity index (χ2n) is 7.05. The van der Waals surface area contributed by atoms with Crippen LogP contribution in [0.25, 0.3) is 0 Å². The van der Waals surface area contributed by atoms with Gasteiger partial charge in [0, 0.05) is 17.4 Å². The smallest absolute Gasteiger partial charge is 0.291 e. The molecular weight excluding hydrogens is 422 g/mol. The second kappa shape index (κ2) is 9.69. The van der Waals surface area contributed by atoms with Crippen LogP contribution in [0.1, 0.15) is 26.5 Å². The summed E-state index contributed by atoms with van der Waals surface area (Å²) in [5, 5.41) is 5.58. The van der Waals surface area contributed by atoms with Crippen molar-refractivity contribution in [1.82, 2.24) is 4.98 Å². The van der Waals surface area contributed by atoms with Gasteiger partial charge in [-0.2, -0.15) is 0 Å². The molecule has 166 valence electrons. The minimum Gasteiger partial charge on any atom is -0.497 e. The molecule has 2 heterocycles. The van der Waals surface area contributed by atoms with E-state index in [4.69, 9.17) is 13.9 Å². The number of benzene rings is 2. The SMILES string of the molecule is COc1ccc(Oc2ncccc2NC(=O)c2ccc(C)c(NC(=O)c3ccco3)c2)cc1. The molecule has 0 atom stereocenters. The van der Waals surface area contributed by atoms with Crippen LogP contribution in [0.3, 0.4) is 0 Å². The van der Waals surface area contributed by atoms with Gasteiger partial charge in [-0.3, -0.25) is 9.59 Å². The summed E-state index contributed by atoms with van der Waals surface area (Å²) < 4.78 is 16.1. The molecule has 0 aliphatic carbocycles. The average molecular weight is 443 g/mol. The topological polar surface area (TPSA) is 103 Å². The predicted octanol–water partition coefficient (Wildman–Crippen LogP) is 5.29. The Morgan fingerprint density at radius 1 is 0.879 bits per heavy atom. The fourth-order valence-corrected chi connectivity index (χ4v) is 3.01. The van der Waals surface area contributed by atoms with E-state index < -0.39 is 5.91 Å². The molecule has 0 aliphatic heterocycles. The summed E-state index contributed by atoms with van der Waals surface area (Å²) in [7, 11) is 1.58. The predicted molar refractivity (Wildman–Crippen MR) is 123 cm³/mol. The number of amides is 2. The number of carbonyl (C=O) groups excluding carboxylic acids is 2. The minimum absolute atomic E-state index is 0.180. The quantitative estimate of drug-likeness (QED) is 0.402. The lowest BCUT2D eigenvalue weighted by molar-refractivity contribution is 0.0993. The number of aromatic nitrogens is 1. The number of carbonyl (C=O) groups is 2. The molecule has 0 aliphatic rings. The van der Waals surface area contributed by atoms with Gasteiger partial charge in [0.15, 0.2) is 5.76 Å². The Hall–Kier alpha value is -4.59. The number of ether oxygens (including phenoxy) is 2. The van der Waals surface area contributed by atoms with Crippen molar-refractivity contribution in [3.8, 4) is 17.4 Å². The van der Waals surface area contributed by atoms with E-state index in [1.807, 2.05) is 6.92 Å². The van der Waals surface area contributed by atoms with Crippen LogP contribution in [0.4, 0.5) is 11.4 Å². The van der Waals surface area contributed by atoms with Crippen molar-refractivity contribution in [3.05, 3.63) is 96.1 Å². The van der Waals surface area contributed by atoms with Crippen LogP contribution in [0.5, 0.6) is 17.4 Å². The molecule has 33 heavy (non-hydrogen) atoms. The van der Waals surface area contributed by atoms with E-state index in [-0.39, 0.29) is 17.5 Å². The van der Waals surface area contributed by atoms with E-state index in [0.29, 0.717) is 28.4 Å². The Balaban J connectivity index is 1.51. The molecule has 2 amide bonds. The maximum Gasteiger partial charge on any atom is 0.291 e. The molecule has 2 N–H and O–H groups in total. The Bertz CT molecular complexity index is 1270. The Kier molecular flexibility index (Phi) is 6.36. The highest BCUT2D eigenvalue weighted by Crippen LogP contribution is 2.29. The van der Waals surface area contributed by atoms with E-state index in [0.717, 1.165) is 5.56 Å². The third-order valence-electron chi connectivity index (χ3n) is 4.79. The normalized spacial score (nSPS) is 10.4. The molecule has 0 unspecified atom stereocenters. The third kappa shape index (κ3) is 5.19. The maximum atomic E-state index is 12.9. The zero-order valence-corrected chi connectivity index (χ0v) is 18.0. The van der Waals surface area contributed by atoms with Crippen LogP contribution in [-0.4, -0.2) is 23.9 Å². The van der Waals surface area contributed by atoms with Crippen LogP contribution in [-0.2, 0) is 0 Å². The summed E-state index contributed by atoms with van der Waals surface area (Å²) in [5.41, 5.74) is 2.07. The number of pyridine rings is 1. The number of methoxy groups -OCH3 is 1. The zero-order chi connectivity index (χ0) is 23.2. The fourth-order valence-electron chi connectivity index (χ4n) is 3.01. The first-order valence-corrected chi connectivity index (χ1v) is 10.1. The van der Waals surface area contributed by atoms with Gasteiger partial charge in [-0.05, 0) is 73.2 Å². The molecule has 2 aromatic heterocycles. The average Bonchev–Trinajstić information content (AvgIpc) is 3.37. The van der Waals surface area contributed by atoms with Crippen LogP contribution in [0.15, 0.2) is 83.6 Å². The van der Waals surface area contributed by atoms with Gasteiger partial charge < -0.3 is 24.5 Å². The van der Waals surface area contributed by atoms with Crippen molar-refractivity contribution in [3.63, 3.8) is 0 Å². The Labute approximate surface area is 190 Å². The summed E-state index contributed by atoms with van der Waals surface area (Å²) in [6.45, 7) is 1.83. The molecule has 4 rings (SSSR count). The van der Waals surface area contributed by atoms with E-state index in [9.17, 15) is 9.59 Å². The molecular formula is C25H21N3O5. The first-order chi connectivity index (χ1) is 16.0. The second-order valence-corrected chi connectivity index (χ2v) is 7.05. The minimum atomic E-state index is -0.400. The first kappa shape index (κ1) is 21.6. The van der Waals surface area contributed by atoms with Crippen molar-refractivity contribution in [2.24, 2.45) is 0 Å². The number of nitrogens with zero attached hydrogens (tertiary/aromatic N) is 1. The molecule has 2 aromatic carbocycles. The van der Waals surface area contributed by atoms with Gasteiger partial charge in [0.25, 0.3) is 11.8 Å². The van der Waals surface area contributed by atoms with E-state index in [1.54, 1.807) is 80.0 Å². The Morgan fingerprint density at radius 3 is 2.36 bits per heavy atom. The molecule has 0 saturated heterocycles. The number of anilines is 2. The number of furan rings is 1. The summed E-state index contributed by atoms with van der Waals surface area (Å²) in [5.74, 6) is 0.892. The lowest BCUT2D eigenvalue weighted by atomic mass is 10.1. The van der Waals surface area contributed by atoms with E-state index in [2.05, 4.69) is 15.6 Å². The Morgan fingerprint density at radius 2 is 1.64 bits per heavy atom. The van der Waals surface area contributed by atoms with Crippen molar-refractivity contribution < 1.29 is 23.5 Å². The number of rotatable bonds is 7. The van der Waals surface area contributed by atoms with Gasteiger partial charge in [-0.1, -0.05) is 6.07 Å². The van der Waals surface area contributed by atoms with Crippen molar-refractivity contribution in [2.75, 3.05) is 17.7 Å². The zero-order valence-electron chi connectivity index (χ0n) is 18.0. The van der Waals surface area contributed by atoms with Crippen molar-refractivity contribution >= 4 is 23.2 Å². The molecule has 0 bridgehead atoms. The van der Waals surface area contributed by atoms with Gasteiger partial charge in [0.1, 0.15) is 17.2 Å². The number of hydrogen-bond donors (Lipinski definition) is 2. The third-order valence-corrected chi connectivity index (χ3v) is 4.79. The standard InChI is InChI=1S/C25H21N3O5/c1-16-7-8-17(15-21(16)28-24(30)22-6-4-14-32-22)23(29)27-20-5-3-13-26-25(20)33-19-11-9-18(31-2)10-12-19/h3-15H,1-2H3,(H,27,29)(H,28,30). The van der Waals surface area contributed by atoms with Gasteiger partial charge >= 0.3 is 0 Å². The highest BCUT2D eigenvalue weighted by atomic mass is 16.5. The molecule has 0 fully saturated rings. The number of aryl methyl sites for hydroxylation is 1. The highest BCUT2D eigenvalue weighted by molar-refractivity contribution is 6.07. The number of nitrogens with one attached hydrogen (secondary N) is 2. The van der Waals surface area contributed by atoms with Crippen molar-refractivity contribution in [1.29, 1.82) is 0 Å². The molecule has 8 heteroatoms. The van der Waals surface area contributed by atoms with Crippen LogP contribution in [0, 0.1) is 6.92 Å². The first-order valence-electron chi connectivity index (χ1n) is 10.1. The summed E-state index contributed by atoms with van der Waals surface area (Å²) >= 11 is 0.